The van der Waals surface area contributed by atoms with Crippen molar-refractivity contribution in [2.45, 2.75) is 18.9 Å². The Kier molecular flexibility index (Phi) is 4.82. The number of H-pyrrole nitrogens is 1. The Morgan fingerprint density at radius 1 is 1.19 bits per heavy atom. The van der Waals surface area contributed by atoms with Crippen LogP contribution in [0.4, 0.5) is 0 Å². The molecule has 2 heterocycles. The van der Waals surface area contributed by atoms with Gasteiger partial charge in [-0.25, -0.2) is 4.79 Å². The predicted octanol–water partition coefficient (Wildman–Crippen LogP) is 0.952. The lowest BCUT2D eigenvalue weighted by Gasteiger charge is -2.22. The minimum absolute atomic E-state index is 0. The molecule has 2 aromatic rings. The lowest BCUT2D eigenvalue weighted by molar-refractivity contribution is 0.361. The molecule has 6 nitrogen and oxygen atoms in total. The molecule has 21 heavy (non-hydrogen) atoms. The molecule has 0 unspecified atom stereocenters. The van der Waals surface area contributed by atoms with Crippen LogP contribution in [0.3, 0.4) is 0 Å². The number of nitrogens with zero attached hydrogens (tertiary/aromatic N) is 1. The monoisotopic (exact) mass is 291 g/mol. The van der Waals surface area contributed by atoms with Gasteiger partial charge < -0.3 is 20.5 Å². The third kappa shape index (κ3) is 3.17. The molecule has 0 bridgehead atoms. The molecular weight excluding hydrogens is 270 g/mol. The quantitative estimate of drug-likeness (QED) is 0.882. The number of benzene rings is 1. The van der Waals surface area contributed by atoms with Crippen molar-refractivity contribution in [1.82, 2.24) is 14.9 Å². The van der Waals surface area contributed by atoms with Crippen LogP contribution in [-0.4, -0.2) is 35.2 Å². The summed E-state index contributed by atoms with van der Waals surface area (Å²) in [6, 6.07) is 8.01. The fourth-order valence-electron chi connectivity index (χ4n) is 2.68. The highest BCUT2D eigenvalue weighted by molar-refractivity contribution is 5.59. The molecule has 0 atom stereocenters. The summed E-state index contributed by atoms with van der Waals surface area (Å²) in [6.07, 6.45) is 3.93. The molecule has 4 N–H and O–H groups in total. The average Bonchev–Trinajstić information content (AvgIpc) is 2.90. The Morgan fingerprint density at radius 3 is 2.48 bits per heavy atom. The Hall–Kier alpha value is -2.05. The first-order valence-corrected chi connectivity index (χ1v) is 6.94. The highest BCUT2D eigenvalue weighted by Gasteiger charge is 2.17. The van der Waals surface area contributed by atoms with Gasteiger partial charge in [-0.05, 0) is 55.8 Å². The van der Waals surface area contributed by atoms with Gasteiger partial charge in [0.15, 0.2) is 0 Å². The molecule has 1 aliphatic heterocycles. The normalized spacial score (nSPS) is 15.5. The summed E-state index contributed by atoms with van der Waals surface area (Å²) < 4.78 is 6.98. The van der Waals surface area contributed by atoms with Gasteiger partial charge in [0.25, 0.3) is 0 Å². The van der Waals surface area contributed by atoms with Crippen molar-refractivity contribution in [2.75, 3.05) is 20.2 Å². The summed E-state index contributed by atoms with van der Waals surface area (Å²) >= 11 is 0. The van der Waals surface area contributed by atoms with Crippen molar-refractivity contribution in [3.8, 4) is 17.0 Å². The minimum Gasteiger partial charge on any atom is -0.497 e. The van der Waals surface area contributed by atoms with E-state index in [-0.39, 0.29) is 11.2 Å². The summed E-state index contributed by atoms with van der Waals surface area (Å²) in [5.74, 6) is 0.814. The van der Waals surface area contributed by atoms with Gasteiger partial charge in [0.1, 0.15) is 5.75 Å². The van der Waals surface area contributed by atoms with Crippen molar-refractivity contribution in [3.05, 3.63) is 40.9 Å². The van der Waals surface area contributed by atoms with Crippen molar-refractivity contribution in [2.24, 2.45) is 0 Å². The first-order valence-electron chi connectivity index (χ1n) is 6.94. The Labute approximate surface area is 123 Å². The second-order valence-corrected chi connectivity index (χ2v) is 5.09. The number of methoxy groups -OCH3 is 1. The van der Waals surface area contributed by atoms with Crippen LogP contribution in [0.5, 0.6) is 5.75 Å². The summed E-state index contributed by atoms with van der Waals surface area (Å²) in [7, 11) is 1.64. The molecule has 0 amide bonds. The van der Waals surface area contributed by atoms with Crippen LogP contribution in [0, 0.1) is 0 Å². The second-order valence-electron chi connectivity index (χ2n) is 5.09. The predicted molar refractivity (Wildman–Crippen MR) is 81.8 cm³/mol. The second kappa shape index (κ2) is 6.60. The van der Waals surface area contributed by atoms with E-state index in [4.69, 9.17) is 4.74 Å². The van der Waals surface area contributed by atoms with Gasteiger partial charge >= 0.3 is 5.69 Å². The van der Waals surface area contributed by atoms with Gasteiger partial charge in [0, 0.05) is 12.2 Å². The molecule has 6 heteroatoms. The zero-order chi connectivity index (χ0) is 13.9. The number of rotatable bonds is 3. The van der Waals surface area contributed by atoms with Crippen LogP contribution in [0.1, 0.15) is 18.9 Å². The van der Waals surface area contributed by atoms with Crippen LogP contribution in [-0.2, 0) is 0 Å². The number of piperidine rings is 1. The topological polar surface area (TPSA) is 90.5 Å². The van der Waals surface area contributed by atoms with E-state index in [0.717, 1.165) is 42.9 Å². The zero-order valence-electron chi connectivity index (χ0n) is 12.1. The Bertz CT molecular complexity index is 624. The average molecular weight is 291 g/mol. The number of aromatic amines is 1. The van der Waals surface area contributed by atoms with Gasteiger partial charge in [0.2, 0.25) is 0 Å². The Balaban J connectivity index is 0.00000161. The van der Waals surface area contributed by atoms with Gasteiger partial charge in [-0.1, -0.05) is 0 Å². The molecular formula is C15H21N3O3. The summed E-state index contributed by atoms with van der Waals surface area (Å²) in [5, 5.41) is 3.32. The van der Waals surface area contributed by atoms with E-state index in [9.17, 15) is 4.79 Å². The molecule has 0 aliphatic carbocycles. The lowest BCUT2D eigenvalue weighted by Crippen LogP contribution is -2.32. The summed E-state index contributed by atoms with van der Waals surface area (Å²) in [4.78, 5) is 15.0. The van der Waals surface area contributed by atoms with Crippen LogP contribution >= 0.6 is 0 Å². The fourth-order valence-corrected chi connectivity index (χ4v) is 2.68. The first-order chi connectivity index (χ1) is 9.78. The van der Waals surface area contributed by atoms with Gasteiger partial charge in [-0.2, -0.15) is 0 Å². The molecule has 0 spiro atoms. The summed E-state index contributed by atoms with van der Waals surface area (Å²) in [5.41, 5.74) is 1.83. The number of imidazole rings is 1. The van der Waals surface area contributed by atoms with Crippen LogP contribution in [0.25, 0.3) is 11.3 Å². The smallest absolute Gasteiger partial charge is 0.326 e. The SMILES string of the molecule is COc1ccc(-c2cn(C3CCNCC3)c(=O)[nH]2)cc1.O. The number of hydrogen-bond donors (Lipinski definition) is 2. The molecule has 1 saturated heterocycles. The van der Waals surface area contributed by atoms with E-state index in [1.54, 1.807) is 7.11 Å². The number of aromatic nitrogens is 2. The van der Waals surface area contributed by atoms with E-state index >= 15 is 0 Å². The maximum Gasteiger partial charge on any atom is 0.326 e. The van der Waals surface area contributed by atoms with E-state index in [2.05, 4.69) is 10.3 Å². The van der Waals surface area contributed by atoms with Crippen molar-refractivity contribution in [3.63, 3.8) is 0 Å². The zero-order valence-corrected chi connectivity index (χ0v) is 12.1. The van der Waals surface area contributed by atoms with E-state index in [0.29, 0.717) is 6.04 Å². The Morgan fingerprint density at radius 2 is 1.86 bits per heavy atom. The molecule has 1 fully saturated rings. The third-order valence-electron chi connectivity index (χ3n) is 3.85. The molecule has 114 valence electrons. The molecule has 3 rings (SSSR count). The number of nitrogens with one attached hydrogen (secondary N) is 2. The van der Waals surface area contributed by atoms with Gasteiger partial charge in [0.05, 0.1) is 12.8 Å². The van der Waals surface area contributed by atoms with Crippen molar-refractivity contribution >= 4 is 0 Å². The lowest BCUT2D eigenvalue weighted by atomic mass is 10.1. The van der Waals surface area contributed by atoms with Crippen LogP contribution in [0.2, 0.25) is 0 Å². The fraction of sp³-hybridized carbons (Fsp3) is 0.400. The molecule has 1 aliphatic rings. The van der Waals surface area contributed by atoms with E-state index < -0.39 is 0 Å². The van der Waals surface area contributed by atoms with Crippen LogP contribution in [0.15, 0.2) is 35.3 Å². The van der Waals surface area contributed by atoms with Gasteiger partial charge in [-0.15, -0.1) is 0 Å². The van der Waals surface area contributed by atoms with Crippen LogP contribution < -0.4 is 15.7 Å². The maximum atomic E-state index is 12.1. The minimum atomic E-state index is -0.0253. The molecule has 0 saturated carbocycles. The first kappa shape index (κ1) is 15.3. The number of hydrogen-bond acceptors (Lipinski definition) is 3. The van der Waals surface area contributed by atoms with Gasteiger partial charge in [-0.3, -0.25) is 4.57 Å². The highest BCUT2D eigenvalue weighted by Crippen LogP contribution is 2.22. The standard InChI is InChI=1S/C15H19N3O2.H2O/c1-20-13-4-2-11(3-5-13)14-10-18(15(19)17-14)12-6-8-16-9-7-12;/h2-5,10,12,16H,6-9H2,1H3,(H,17,19);1H2. The van der Waals surface area contributed by atoms with E-state index in [1.165, 1.54) is 0 Å². The molecule has 1 aromatic heterocycles. The maximum absolute atomic E-state index is 12.1. The van der Waals surface area contributed by atoms with E-state index in [1.807, 2.05) is 35.0 Å². The number of ether oxygens (including phenoxy) is 1. The molecule has 0 radical (unpaired) electrons. The van der Waals surface area contributed by atoms with Crippen molar-refractivity contribution < 1.29 is 10.2 Å². The van der Waals surface area contributed by atoms with Crippen molar-refractivity contribution in [1.29, 1.82) is 0 Å². The third-order valence-corrected chi connectivity index (χ3v) is 3.85. The largest absolute Gasteiger partial charge is 0.497 e. The summed E-state index contributed by atoms with van der Waals surface area (Å²) in [6.45, 7) is 1.94. The molecule has 1 aromatic carbocycles. The highest BCUT2D eigenvalue weighted by atomic mass is 16.5.